The Morgan fingerprint density at radius 3 is 2.33 bits per heavy atom. The molecule has 1 unspecified atom stereocenters. The summed E-state index contributed by atoms with van der Waals surface area (Å²) < 4.78 is 0. The maximum absolute atomic E-state index is 9.96. The summed E-state index contributed by atoms with van der Waals surface area (Å²) in [5.74, 6) is -0.910. The van der Waals surface area contributed by atoms with Gasteiger partial charge in [0.25, 0.3) is 0 Å². The first-order chi connectivity index (χ1) is 3.68. The van der Waals surface area contributed by atoms with Gasteiger partial charge in [0.05, 0.1) is 0 Å². The summed E-state index contributed by atoms with van der Waals surface area (Å²) in [7, 11) is 0. The van der Waals surface area contributed by atoms with Gasteiger partial charge < -0.3 is 10.8 Å². The van der Waals surface area contributed by atoms with Crippen LogP contribution in [0.1, 0.15) is 19.8 Å². The van der Waals surface area contributed by atoms with E-state index in [0.717, 1.165) is 6.42 Å². The third kappa shape index (κ3) is 6.04. The zero-order valence-electron chi connectivity index (χ0n) is 5.33. The summed E-state index contributed by atoms with van der Waals surface area (Å²) in [6.07, 6.45) is 1.39. The lowest BCUT2D eigenvalue weighted by Gasteiger charge is -2.00. The number of rotatable bonds is 3. The van der Waals surface area contributed by atoms with Crippen molar-refractivity contribution in [2.75, 3.05) is 0 Å². The summed E-state index contributed by atoms with van der Waals surface area (Å²) >= 11 is 0. The molecule has 3 nitrogen and oxygen atoms in total. The van der Waals surface area contributed by atoms with E-state index >= 15 is 0 Å². The standard InChI is InChI=1S/C5H11NO2.HI/c1-2-3-4(6)5(7)8;/h4H,2-3,6H2,1H3,(H,7,8);1H. The average Bonchev–Trinajstić information content (AvgIpc) is 1.67. The van der Waals surface area contributed by atoms with Crippen LogP contribution < -0.4 is 5.73 Å². The summed E-state index contributed by atoms with van der Waals surface area (Å²) in [5.41, 5.74) is 5.13. The SMILES string of the molecule is CCCC(N)C(=O)O.I. The first-order valence-corrected chi connectivity index (χ1v) is 2.67. The van der Waals surface area contributed by atoms with E-state index in [-0.39, 0.29) is 24.0 Å². The van der Waals surface area contributed by atoms with Crippen LogP contribution in [0.5, 0.6) is 0 Å². The molecule has 0 bridgehead atoms. The highest BCUT2D eigenvalue weighted by Crippen LogP contribution is 1.91. The lowest BCUT2D eigenvalue weighted by molar-refractivity contribution is -0.138. The van der Waals surface area contributed by atoms with E-state index in [1.807, 2.05) is 6.92 Å². The van der Waals surface area contributed by atoms with E-state index < -0.39 is 12.0 Å². The van der Waals surface area contributed by atoms with Gasteiger partial charge in [-0.25, -0.2) is 0 Å². The maximum atomic E-state index is 9.96. The molecule has 0 aromatic heterocycles. The molecular formula is C5H12INO2. The van der Waals surface area contributed by atoms with Crippen molar-refractivity contribution in [2.24, 2.45) is 5.73 Å². The van der Waals surface area contributed by atoms with E-state index in [2.05, 4.69) is 0 Å². The topological polar surface area (TPSA) is 63.3 Å². The molecule has 9 heavy (non-hydrogen) atoms. The summed E-state index contributed by atoms with van der Waals surface area (Å²) in [6, 6.07) is -0.667. The predicted octanol–water partition coefficient (Wildman–Crippen LogP) is 0.816. The Morgan fingerprint density at radius 2 is 2.22 bits per heavy atom. The minimum atomic E-state index is -0.910. The Labute approximate surface area is 71.6 Å². The van der Waals surface area contributed by atoms with E-state index in [1.165, 1.54) is 0 Å². The van der Waals surface area contributed by atoms with Gasteiger partial charge in [-0.05, 0) is 6.42 Å². The van der Waals surface area contributed by atoms with Crippen molar-refractivity contribution >= 4 is 29.9 Å². The molecule has 0 aliphatic carbocycles. The highest BCUT2D eigenvalue weighted by molar-refractivity contribution is 14.0. The minimum absolute atomic E-state index is 0. The fourth-order valence-electron chi connectivity index (χ4n) is 0.434. The summed E-state index contributed by atoms with van der Waals surface area (Å²) in [5, 5.41) is 8.19. The van der Waals surface area contributed by atoms with Crippen molar-refractivity contribution in [1.82, 2.24) is 0 Å². The van der Waals surface area contributed by atoms with Crippen LogP contribution in [-0.2, 0) is 4.79 Å². The third-order valence-corrected chi connectivity index (χ3v) is 0.917. The predicted molar refractivity (Wildman–Crippen MR) is 45.9 cm³/mol. The second kappa shape index (κ2) is 6.28. The molecule has 0 rings (SSSR count). The zero-order valence-corrected chi connectivity index (χ0v) is 7.66. The van der Waals surface area contributed by atoms with Crippen molar-refractivity contribution in [2.45, 2.75) is 25.8 Å². The number of hydrogen-bond acceptors (Lipinski definition) is 2. The molecular weight excluding hydrogens is 233 g/mol. The first-order valence-electron chi connectivity index (χ1n) is 2.67. The van der Waals surface area contributed by atoms with Gasteiger partial charge >= 0.3 is 5.97 Å². The van der Waals surface area contributed by atoms with E-state index in [4.69, 9.17) is 10.8 Å². The molecule has 0 fully saturated rings. The van der Waals surface area contributed by atoms with E-state index in [9.17, 15) is 4.79 Å². The van der Waals surface area contributed by atoms with Gasteiger partial charge in [0, 0.05) is 0 Å². The summed E-state index contributed by atoms with van der Waals surface area (Å²) in [6.45, 7) is 1.91. The van der Waals surface area contributed by atoms with E-state index in [0.29, 0.717) is 6.42 Å². The van der Waals surface area contributed by atoms with Gasteiger partial charge in [0.15, 0.2) is 0 Å². The van der Waals surface area contributed by atoms with Crippen LogP contribution in [-0.4, -0.2) is 17.1 Å². The van der Waals surface area contributed by atoms with Crippen LogP contribution in [0.2, 0.25) is 0 Å². The van der Waals surface area contributed by atoms with E-state index in [1.54, 1.807) is 0 Å². The van der Waals surface area contributed by atoms with Crippen LogP contribution in [0.25, 0.3) is 0 Å². The molecule has 0 radical (unpaired) electrons. The molecule has 0 heterocycles. The lowest BCUT2D eigenvalue weighted by atomic mass is 10.2. The fraction of sp³-hybridized carbons (Fsp3) is 0.800. The average molecular weight is 245 g/mol. The second-order valence-electron chi connectivity index (χ2n) is 1.73. The monoisotopic (exact) mass is 245 g/mol. The van der Waals surface area contributed by atoms with Gasteiger partial charge in [-0.2, -0.15) is 0 Å². The Balaban J connectivity index is 0. The Kier molecular flexibility index (Phi) is 8.31. The number of aliphatic carboxylic acids is 1. The van der Waals surface area contributed by atoms with Gasteiger partial charge in [0.2, 0.25) is 0 Å². The van der Waals surface area contributed by atoms with Crippen molar-refractivity contribution in [3.63, 3.8) is 0 Å². The molecule has 3 N–H and O–H groups in total. The molecule has 0 aromatic carbocycles. The van der Waals surface area contributed by atoms with Gasteiger partial charge in [-0.3, -0.25) is 4.79 Å². The molecule has 56 valence electrons. The third-order valence-electron chi connectivity index (χ3n) is 0.917. The number of halogens is 1. The fourth-order valence-corrected chi connectivity index (χ4v) is 0.434. The maximum Gasteiger partial charge on any atom is 0.320 e. The van der Waals surface area contributed by atoms with Crippen LogP contribution >= 0.6 is 24.0 Å². The highest BCUT2D eigenvalue weighted by atomic mass is 127. The molecule has 0 aromatic rings. The van der Waals surface area contributed by atoms with Crippen molar-refractivity contribution in [3.05, 3.63) is 0 Å². The van der Waals surface area contributed by atoms with Crippen molar-refractivity contribution < 1.29 is 9.90 Å². The Bertz CT molecular complexity index is 87.0. The van der Waals surface area contributed by atoms with Crippen LogP contribution in [0.3, 0.4) is 0 Å². The quantitative estimate of drug-likeness (QED) is 0.723. The molecule has 0 aliphatic rings. The molecule has 1 atom stereocenters. The molecule has 0 amide bonds. The zero-order chi connectivity index (χ0) is 6.57. The van der Waals surface area contributed by atoms with Crippen LogP contribution in [0.4, 0.5) is 0 Å². The van der Waals surface area contributed by atoms with Gasteiger partial charge in [-0.15, -0.1) is 24.0 Å². The molecule has 0 aliphatic heterocycles. The van der Waals surface area contributed by atoms with Crippen LogP contribution in [0.15, 0.2) is 0 Å². The van der Waals surface area contributed by atoms with Crippen molar-refractivity contribution in [3.8, 4) is 0 Å². The molecule has 4 heteroatoms. The Morgan fingerprint density at radius 1 is 1.78 bits per heavy atom. The molecule has 0 saturated carbocycles. The number of carboxylic acids is 1. The number of hydrogen-bond donors (Lipinski definition) is 2. The Hall–Kier alpha value is 0.160. The number of nitrogens with two attached hydrogens (primary N) is 1. The molecule has 0 spiro atoms. The smallest absolute Gasteiger partial charge is 0.320 e. The highest BCUT2D eigenvalue weighted by Gasteiger charge is 2.07. The summed E-state index contributed by atoms with van der Waals surface area (Å²) in [4.78, 5) is 9.96. The number of carbonyl (C=O) groups is 1. The number of carboxylic acid groups (broad SMARTS) is 1. The largest absolute Gasteiger partial charge is 0.480 e. The molecule has 0 saturated heterocycles. The lowest BCUT2D eigenvalue weighted by Crippen LogP contribution is -2.29. The van der Waals surface area contributed by atoms with Gasteiger partial charge in [0.1, 0.15) is 6.04 Å². The first kappa shape index (κ1) is 11.9. The second-order valence-corrected chi connectivity index (χ2v) is 1.73. The normalized spacial score (nSPS) is 11.8. The van der Waals surface area contributed by atoms with Crippen LogP contribution in [0, 0.1) is 0 Å². The van der Waals surface area contributed by atoms with Gasteiger partial charge in [-0.1, -0.05) is 13.3 Å². The van der Waals surface area contributed by atoms with Crippen molar-refractivity contribution in [1.29, 1.82) is 0 Å². The minimum Gasteiger partial charge on any atom is -0.480 e.